The topological polar surface area (TPSA) is 75.0 Å². The Kier molecular flexibility index (Phi) is 3.81. The summed E-state index contributed by atoms with van der Waals surface area (Å²) in [5, 5.41) is 4.74. The molecule has 142 valence electrons. The number of imidazole rings is 1. The molecule has 28 heavy (non-hydrogen) atoms. The van der Waals surface area contributed by atoms with Gasteiger partial charge in [-0.1, -0.05) is 6.07 Å². The van der Waals surface area contributed by atoms with Crippen LogP contribution in [0.15, 0.2) is 43.1 Å². The molecule has 4 aromatic rings. The molecule has 0 aromatic carbocycles. The van der Waals surface area contributed by atoms with Crippen LogP contribution in [0.1, 0.15) is 40.7 Å². The van der Waals surface area contributed by atoms with Crippen LogP contribution in [0.2, 0.25) is 0 Å². The smallest absolute Gasteiger partial charge is 0.266 e. The molecule has 1 aliphatic rings. The van der Waals surface area contributed by atoms with Crippen molar-refractivity contribution in [1.29, 1.82) is 0 Å². The third kappa shape index (κ3) is 2.62. The minimum absolute atomic E-state index is 0.193. The van der Waals surface area contributed by atoms with Crippen LogP contribution < -0.4 is 4.90 Å². The van der Waals surface area contributed by atoms with E-state index in [1.54, 1.807) is 6.33 Å². The molecular formula is C19H17F2N7. The third-order valence-corrected chi connectivity index (χ3v) is 5.10. The van der Waals surface area contributed by atoms with Crippen molar-refractivity contribution in [3.05, 3.63) is 71.3 Å². The molecule has 0 radical (unpaired) electrons. The van der Waals surface area contributed by atoms with Crippen LogP contribution in [0.25, 0.3) is 5.52 Å². The number of aryl methyl sites for hydroxylation is 1. The second kappa shape index (κ2) is 6.36. The molecule has 5 heterocycles. The largest absolute Gasteiger partial charge is 0.348 e. The third-order valence-electron chi connectivity index (χ3n) is 5.10. The van der Waals surface area contributed by atoms with E-state index in [9.17, 15) is 8.78 Å². The van der Waals surface area contributed by atoms with Crippen molar-refractivity contribution in [3.8, 4) is 0 Å². The van der Waals surface area contributed by atoms with Gasteiger partial charge in [-0.2, -0.15) is 5.10 Å². The van der Waals surface area contributed by atoms with E-state index in [4.69, 9.17) is 5.10 Å². The van der Waals surface area contributed by atoms with Gasteiger partial charge < -0.3 is 9.88 Å². The Hall–Kier alpha value is -3.36. The zero-order valence-electron chi connectivity index (χ0n) is 15.0. The van der Waals surface area contributed by atoms with Crippen molar-refractivity contribution < 1.29 is 8.78 Å². The minimum atomic E-state index is -2.59. The predicted molar refractivity (Wildman–Crippen MR) is 98.4 cm³/mol. The molecule has 0 amide bonds. The Bertz CT molecular complexity index is 1130. The van der Waals surface area contributed by atoms with Gasteiger partial charge in [0.25, 0.3) is 6.43 Å². The van der Waals surface area contributed by atoms with Gasteiger partial charge >= 0.3 is 0 Å². The molecule has 1 atom stereocenters. The minimum Gasteiger partial charge on any atom is -0.348 e. The van der Waals surface area contributed by atoms with Gasteiger partial charge in [-0.3, -0.25) is 0 Å². The molecule has 1 aliphatic heterocycles. The summed E-state index contributed by atoms with van der Waals surface area (Å²) in [6.07, 6.45) is 4.07. The Morgan fingerprint density at radius 3 is 2.79 bits per heavy atom. The Morgan fingerprint density at radius 1 is 1.21 bits per heavy atom. The highest BCUT2D eigenvalue weighted by atomic mass is 19.3. The molecular weight excluding hydrogens is 364 g/mol. The van der Waals surface area contributed by atoms with E-state index in [2.05, 4.69) is 19.9 Å². The maximum Gasteiger partial charge on any atom is 0.266 e. The number of fused-ring (bicyclic) bond motifs is 2. The lowest BCUT2D eigenvalue weighted by Gasteiger charge is -2.33. The number of nitrogens with one attached hydrogen (secondary N) is 1. The summed E-state index contributed by atoms with van der Waals surface area (Å²) < 4.78 is 27.6. The maximum absolute atomic E-state index is 12.9. The second-order valence-corrected chi connectivity index (χ2v) is 6.82. The average molecular weight is 381 g/mol. The summed E-state index contributed by atoms with van der Waals surface area (Å²) in [7, 11) is 0. The number of hydrogen-bond acceptors (Lipinski definition) is 5. The number of aromatic nitrogens is 6. The number of anilines is 1. The summed E-state index contributed by atoms with van der Waals surface area (Å²) in [5.41, 5.74) is 4.63. The molecule has 0 saturated heterocycles. The predicted octanol–water partition coefficient (Wildman–Crippen LogP) is 3.25. The van der Waals surface area contributed by atoms with Gasteiger partial charge in [0.1, 0.15) is 6.04 Å². The van der Waals surface area contributed by atoms with Crippen molar-refractivity contribution >= 4 is 11.5 Å². The van der Waals surface area contributed by atoms with Gasteiger partial charge in [0.15, 0.2) is 0 Å². The number of hydrogen-bond donors (Lipinski definition) is 1. The van der Waals surface area contributed by atoms with Gasteiger partial charge in [-0.25, -0.2) is 28.2 Å². The fourth-order valence-electron chi connectivity index (χ4n) is 3.69. The van der Waals surface area contributed by atoms with E-state index in [0.717, 1.165) is 34.6 Å². The molecule has 1 N–H and O–H groups in total. The maximum atomic E-state index is 12.9. The Balaban J connectivity index is 1.63. The second-order valence-electron chi connectivity index (χ2n) is 6.82. The van der Waals surface area contributed by atoms with E-state index in [1.807, 2.05) is 40.7 Å². The molecule has 4 aromatic heterocycles. The lowest BCUT2D eigenvalue weighted by Crippen LogP contribution is -2.37. The Labute approximate surface area is 159 Å². The molecule has 7 nitrogen and oxygen atoms in total. The lowest BCUT2D eigenvalue weighted by atomic mass is 10.00. The van der Waals surface area contributed by atoms with Crippen LogP contribution in [0, 0.1) is 6.92 Å². The standard InChI is InChI=1S/C19H17F2N7/c1-11-3-2-5-28-15(11)7-14(26-28)17-16-13(24-10-25-16)4-6-27(17)19-22-8-12(9-23-19)18(20)21/h2-3,5,7-10,17-18H,4,6H2,1H3,(H,24,25)/t17-/m0/s1. The van der Waals surface area contributed by atoms with Crippen LogP contribution >= 0.6 is 0 Å². The van der Waals surface area contributed by atoms with Gasteiger partial charge in [-0.05, 0) is 24.6 Å². The van der Waals surface area contributed by atoms with E-state index < -0.39 is 6.43 Å². The van der Waals surface area contributed by atoms with Crippen LogP contribution in [0.5, 0.6) is 0 Å². The van der Waals surface area contributed by atoms with Crippen molar-refractivity contribution in [2.24, 2.45) is 0 Å². The Morgan fingerprint density at radius 2 is 2.04 bits per heavy atom. The van der Waals surface area contributed by atoms with Crippen molar-refractivity contribution in [1.82, 2.24) is 29.5 Å². The molecule has 0 fully saturated rings. The number of H-pyrrole nitrogens is 1. The number of halogens is 2. The summed E-state index contributed by atoms with van der Waals surface area (Å²) in [5.74, 6) is 0.386. The first kappa shape index (κ1) is 16.8. The van der Waals surface area contributed by atoms with Crippen molar-refractivity contribution in [3.63, 3.8) is 0 Å². The number of nitrogens with zero attached hydrogens (tertiary/aromatic N) is 6. The SMILES string of the molecule is Cc1cccn2nc([C@H]3c4nc[nH]c4CCN3c3ncc(C(F)F)cn3)cc12. The van der Waals surface area contributed by atoms with Gasteiger partial charge in [0.2, 0.25) is 5.95 Å². The van der Waals surface area contributed by atoms with Crippen LogP contribution in [0.3, 0.4) is 0 Å². The highest BCUT2D eigenvalue weighted by molar-refractivity contribution is 5.57. The van der Waals surface area contributed by atoms with Gasteiger partial charge in [0.05, 0.1) is 28.8 Å². The summed E-state index contributed by atoms with van der Waals surface area (Å²) in [6.45, 7) is 2.66. The van der Waals surface area contributed by atoms with Crippen LogP contribution in [-0.4, -0.2) is 36.1 Å². The highest BCUT2D eigenvalue weighted by Gasteiger charge is 2.34. The normalized spacial score (nSPS) is 16.7. The van der Waals surface area contributed by atoms with Crippen molar-refractivity contribution in [2.75, 3.05) is 11.4 Å². The van der Waals surface area contributed by atoms with Gasteiger partial charge in [0, 0.05) is 37.3 Å². The van der Waals surface area contributed by atoms with E-state index in [1.165, 1.54) is 12.4 Å². The average Bonchev–Trinajstić information content (AvgIpc) is 3.34. The first-order valence-corrected chi connectivity index (χ1v) is 8.95. The molecule has 0 spiro atoms. The summed E-state index contributed by atoms with van der Waals surface area (Å²) in [4.78, 5) is 18.0. The molecule has 9 heteroatoms. The molecule has 0 unspecified atom stereocenters. The number of aromatic amines is 1. The fraction of sp³-hybridized carbons (Fsp3) is 0.263. The number of pyridine rings is 1. The molecule has 0 saturated carbocycles. The first-order valence-electron chi connectivity index (χ1n) is 8.95. The van der Waals surface area contributed by atoms with E-state index >= 15 is 0 Å². The zero-order chi connectivity index (χ0) is 19.3. The number of rotatable bonds is 3. The highest BCUT2D eigenvalue weighted by Crippen LogP contribution is 2.35. The molecule has 0 aliphatic carbocycles. The van der Waals surface area contributed by atoms with E-state index in [0.29, 0.717) is 12.5 Å². The van der Waals surface area contributed by atoms with E-state index in [-0.39, 0.29) is 11.6 Å². The monoisotopic (exact) mass is 381 g/mol. The fourth-order valence-corrected chi connectivity index (χ4v) is 3.69. The zero-order valence-corrected chi connectivity index (χ0v) is 15.0. The first-order chi connectivity index (χ1) is 13.6. The lowest BCUT2D eigenvalue weighted by molar-refractivity contribution is 0.150. The van der Waals surface area contributed by atoms with Gasteiger partial charge in [-0.15, -0.1) is 0 Å². The van der Waals surface area contributed by atoms with Crippen LogP contribution in [0.4, 0.5) is 14.7 Å². The molecule has 5 rings (SSSR count). The summed E-state index contributed by atoms with van der Waals surface area (Å²) >= 11 is 0. The quantitative estimate of drug-likeness (QED) is 0.590. The summed E-state index contributed by atoms with van der Waals surface area (Å²) in [6, 6.07) is 5.71. The van der Waals surface area contributed by atoms with Crippen molar-refractivity contribution in [2.45, 2.75) is 25.8 Å². The number of alkyl halides is 2. The molecule has 0 bridgehead atoms. The van der Waals surface area contributed by atoms with Crippen LogP contribution in [-0.2, 0) is 6.42 Å².